The zero-order valence-electron chi connectivity index (χ0n) is 15.6. The van der Waals surface area contributed by atoms with Gasteiger partial charge in [0, 0.05) is 23.8 Å². The molecule has 1 saturated carbocycles. The molecule has 5 nitrogen and oxygen atoms in total. The topological polar surface area (TPSA) is 62.6 Å². The highest BCUT2D eigenvalue weighted by molar-refractivity contribution is 6.04. The number of carbonyl (C=O) groups excluding carboxylic acids is 2. The van der Waals surface area contributed by atoms with Crippen molar-refractivity contribution in [3.05, 3.63) is 53.5 Å². The Morgan fingerprint density at radius 1 is 1.27 bits per heavy atom. The number of carbonyl (C=O) groups is 2. The molecule has 0 saturated heterocycles. The van der Waals surface area contributed by atoms with E-state index < -0.39 is 0 Å². The van der Waals surface area contributed by atoms with Crippen molar-refractivity contribution in [1.29, 1.82) is 0 Å². The molecule has 1 N–H and O–H groups in total. The van der Waals surface area contributed by atoms with Crippen molar-refractivity contribution in [3.8, 4) is 0 Å². The van der Waals surface area contributed by atoms with Crippen LogP contribution in [0, 0.1) is 12.8 Å². The molecule has 0 aliphatic heterocycles. The number of anilines is 1. The van der Waals surface area contributed by atoms with E-state index in [1.165, 1.54) is 6.26 Å². The Labute approximate surface area is 154 Å². The van der Waals surface area contributed by atoms with Crippen LogP contribution in [0.1, 0.15) is 59.6 Å². The van der Waals surface area contributed by atoms with Crippen molar-refractivity contribution in [2.24, 2.45) is 5.92 Å². The monoisotopic (exact) mass is 354 g/mol. The third-order valence-electron chi connectivity index (χ3n) is 4.67. The van der Waals surface area contributed by atoms with Crippen LogP contribution in [0.4, 0.5) is 5.69 Å². The van der Waals surface area contributed by atoms with E-state index in [1.807, 2.05) is 24.0 Å². The third kappa shape index (κ3) is 4.34. The Morgan fingerprint density at radius 3 is 2.65 bits per heavy atom. The molecule has 2 aromatic rings. The number of rotatable bonds is 7. The van der Waals surface area contributed by atoms with Crippen LogP contribution >= 0.6 is 0 Å². The Hall–Kier alpha value is -2.56. The molecular weight excluding hydrogens is 328 g/mol. The van der Waals surface area contributed by atoms with Crippen LogP contribution in [0.3, 0.4) is 0 Å². The van der Waals surface area contributed by atoms with Gasteiger partial charge in [0.05, 0.1) is 6.26 Å². The molecule has 1 fully saturated rings. The van der Waals surface area contributed by atoms with Gasteiger partial charge in [-0.2, -0.15) is 0 Å². The highest BCUT2D eigenvalue weighted by Gasteiger charge is 2.33. The molecule has 138 valence electrons. The van der Waals surface area contributed by atoms with E-state index in [1.54, 1.807) is 18.2 Å². The van der Waals surface area contributed by atoms with E-state index in [0.717, 1.165) is 31.4 Å². The van der Waals surface area contributed by atoms with E-state index in [0.29, 0.717) is 23.2 Å². The maximum Gasteiger partial charge on any atom is 0.291 e. The van der Waals surface area contributed by atoms with Gasteiger partial charge in [-0.05, 0) is 61.9 Å². The number of nitrogens with zero attached hydrogens (tertiary/aromatic N) is 1. The number of amides is 2. The summed E-state index contributed by atoms with van der Waals surface area (Å²) in [6.45, 7) is 7.03. The average molecular weight is 354 g/mol. The summed E-state index contributed by atoms with van der Waals surface area (Å²) in [7, 11) is 0. The predicted molar refractivity (Wildman–Crippen MR) is 101 cm³/mol. The molecule has 0 unspecified atom stereocenters. The van der Waals surface area contributed by atoms with Crippen molar-refractivity contribution in [1.82, 2.24) is 4.90 Å². The lowest BCUT2D eigenvalue weighted by Crippen LogP contribution is -2.34. The largest absolute Gasteiger partial charge is 0.459 e. The normalized spacial score (nSPS) is 13.7. The molecular formula is C21H26N2O3. The van der Waals surface area contributed by atoms with Gasteiger partial charge in [0.25, 0.3) is 11.8 Å². The summed E-state index contributed by atoms with van der Waals surface area (Å²) >= 11 is 0. The number of hydrogen-bond acceptors (Lipinski definition) is 3. The van der Waals surface area contributed by atoms with Crippen molar-refractivity contribution in [2.45, 2.75) is 46.1 Å². The first-order chi connectivity index (χ1) is 12.5. The fraction of sp³-hybridized carbons (Fsp3) is 0.429. The molecule has 1 aromatic carbocycles. The Bertz CT molecular complexity index is 777. The van der Waals surface area contributed by atoms with Crippen molar-refractivity contribution in [2.75, 3.05) is 11.9 Å². The van der Waals surface area contributed by atoms with Crippen molar-refractivity contribution >= 4 is 17.5 Å². The summed E-state index contributed by atoms with van der Waals surface area (Å²) in [5, 5.41) is 2.84. The predicted octanol–water partition coefficient (Wildman–Crippen LogP) is 4.49. The van der Waals surface area contributed by atoms with Gasteiger partial charge in [0.1, 0.15) is 0 Å². The van der Waals surface area contributed by atoms with Crippen LogP contribution in [0.5, 0.6) is 0 Å². The first-order valence-electron chi connectivity index (χ1n) is 9.22. The van der Waals surface area contributed by atoms with Gasteiger partial charge in [0.2, 0.25) is 0 Å². The van der Waals surface area contributed by atoms with Crippen LogP contribution in [-0.4, -0.2) is 29.3 Å². The molecule has 26 heavy (non-hydrogen) atoms. The lowest BCUT2D eigenvalue weighted by Gasteiger charge is -2.24. The summed E-state index contributed by atoms with van der Waals surface area (Å²) in [6, 6.07) is 9.13. The van der Waals surface area contributed by atoms with Gasteiger partial charge in [0.15, 0.2) is 5.76 Å². The smallest absolute Gasteiger partial charge is 0.291 e. The molecule has 5 heteroatoms. The zero-order valence-corrected chi connectivity index (χ0v) is 15.6. The van der Waals surface area contributed by atoms with E-state index in [4.69, 9.17) is 4.42 Å². The van der Waals surface area contributed by atoms with E-state index in [-0.39, 0.29) is 17.6 Å². The standard InChI is InChI=1S/C21H26N2O3/c1-14(2)10-11-23(17-8-9-17)21(25)16-7-6-15(3)18(13-16)22-20(24)19-5-4-12-26-19/h4-7,12-14,17H,8-11H2,1-3H3,(H,22,24). The molecule has 1 aliphatic carbocycles. The fourth-order valence-electron chi connectivity index (χ4n) is 2.88. The maximum absolute atomic E-state index is 13.0. The van der Waals surface area contributed by atoms with Crippen LogP contribution in [0.2, 0.25) is 0 Å². The van der Waals surface area contributed by atoms with Crippen molar-refractivity contribution < 1.29 is 14.0 Å². The number of benzene rings is 1. The molecule has 0 radical (unpaired) electrons. The highest BCUT2D eigenvalue weighted by Crippen LogP contribution is 2.30. The molecule has 2 amide bonds. The summed E-state index contributed by atoms with van der Waals surface area (Å²) in [5.41, 5.74) is 2.15. The molecule has 1 aliphatic rings. The highest BCUT2D eigenvalue weighted by atomic mass is 16.3. The SMILES string of the molecule is Cc1ccc(C(=O)N(CCC(C)C)C2CC2)cc1NC(=O)c1ccco1. The van der Waals surface area contributed by atoms with Crippen LogP contribution < -0.4 is 5.32 Å². The molecule has 0 spiro atoms. The van der Waals surface area contributed by atoms with E-state index in [2.05, 4.69) is 19.2 Å². The van der Waals surface area contributed by atoms with Crippen LogP contribution in [-0.2, 0) is 0 Å². The van der Waals surface area contributed by atoms with Gasteiger partial charge >= 0.3 is 0 Å². The number of furan rings is 1. The van der Waals surface area contributed by atoms with Gasteiger partial charge < -0.3 is 14.6 Å². The lowest BCUT2D eigenvalue weighted by molar-refractivity contribution is 0.0735. The molecule has 0 bridgehead atoms. The van der Waals surface area contributed by atoms with E-state index in [9.17, 15) is 9.59 Å². The van der Waals surface area contributed by atoms with E-state index >= 15 is 0 Å². The number of hydrogen-bond donors (Lipinski definition) is 1. The third-order valence-corrected chi connectivity index (χ3v) is 4.67. The number of aryl methyl sites for hydroxylation is 1. The number of nitrogens with one attached hydrogen (secondary N) is 1. The minimum Gasteiger partial charge on any atom is -0.459 e. The minimum atomic E-state index is -0.318. The summed E-state index contributed by atoms with van der Waals surface area (Å²) in [4.78, 5) is 27.2. The maximum atomic E-state index is 13.0. The fourth-order valence-corrected chi connectivity index (χ4v) is 2.88. The summed E-state index contributed by atoms with van der Waals surface area (Å²) in [5.74, 6) is 0.533. The van der Waals surface area contributed by atoms with Crippen molar-refractivity contribution in [3.63, 3.8) is 0 Å². The molecule has 0 atom stereocenters. The average Bonchev–Trinajstić information content (AvgIpc) is 3.28. The Balaban J connectivity index is 1.77. The first kappa shape index (κ1) is 18.2. The second-order valence-electron chi connectivity index (χ2n) is 7.37. The second-order valence-corrected chi connectivity index (χ2v) is 7.37. The second kappa shape index (κ2) is 7.77. The first-order valence-corrected chi connectivity index (χ1v) is 9.22. The lowest BCUT2D eigenvalue weighted by atomic mass is 10.1. The van der Waals surface area contributed by atoms with Gasteiger partial charge in [-0.25, -0.2) is 0 Å². The summed E-state index contributed by atoms with van der Waals surface area (Å²) < 4.78 is 5.13. The summed E-state index contributed by atoms with van der Waals surface area (Å²) in [6.07, 6.45) is 4.62. The molecule has 3 rings (SSSR count). The molecule has 1 aromatic heterocycles. The quantitative estimate of drug-likeness (QED) is 0.797. The van der Waals surface area contributed by atoms with Crippen LogP contribution in [0.25, 0.3) is 0 Å². The van der Waals surface area contributed by atoms with Crippen LogP contribution in [0.15, 0.2) is 41.0 Å². The minimum absolute atomic E-state index is 0.0432. The Morgan fingerprint density at radius 2 is 2.04 bits per heavy atom. The van der Waals surface area contributed by atoms with Gasteiger partial charge in [-0.1, -0.05) is 19.9 Å². The van der Waals surface area contributed by atoms with Gasteiger partial charge in [-0.3, -0.25) is 9.59 Å². The molecule has 1 heterocycles. The van der Waals surface area contributed by atoms with Gasteiger partial charge in [-0.15, -0.1) is 0 Å². The zero-order chi connectivity index (χ0) is 18.7. The Kier molecular flexibility index (Phi) is 5.45.